The monoisotopic (exact) mass is 272 g/mol. The van der Waals surface area contributed by atoms with Gasteiger partial charge in [-0.15, -0.1) is 0 Å². The zero-order chi connectivity index (χ0) is 11.3. The van der Waals surface area contributed by atoms with Crippen molar-refractivity contribution < 1.29 is 22.3 Å². The van der Waals surface area contributed by atoms with Crippen molar-refractivity contribution in [3.63, 3.8) is 0 Å². The van der Waals surface area contributed by atoms with E-state index in [9.17, 15) is 4.57 Å². The van der Waals surface area contributed by atoms with Crippen LogP contribution in [0.15, 0.2) is 24.3 Å². The van der Waals surface area contributed by atoms with Crippen molar-refractivity contribution in [3.8, 4) is 5.75 Å². The molecule has 0 unspecified atom stereocenters. The van der Waals surface area contributed by atoms with Crippen LogP contribution in [0.5, 0.6) is 5.75 Å². The molecule has 0 fully saturated rings. The average molecular weight is 273 g/mol. The number of hydrogen-bond acceptors (Lipinski definition) is 5. The topological polar surface area (TPSA) is 65.0 Å². The lowest BCUT2D eigenvalue weighted by Gasteiger charge is -2.12. The first-order valence-electron chi connectivity index (χ1n) is 3.74. The van der Waals surface area contributed by atoms with Crippen LogP contribution in [-0.4, -0.2) is 5.11 Å². The van der Waals surface area contributed by atoms with Crippen molar-refractivity contribution in [1.82, 2.24) is 0 Å². The van der Waals surface area contributed by atoms with Crippen LogP contribution in [0.2, 0.25) is 0 Å². The van der Waals surface area contributed by atoms with Crippen LogP contribution >= 0.6 is 31.6 Å². The number of halogens is 2. The summed E-state index contributed by atoms with van der Waals surface area (Å²) >= 11 is 9.79. The smallest absolute Gasteiger partial charge is 0.402 e. The minimum atomic E-state index is -4.02. The van der Waals surface area contributed by atoms with Gasteiger partial charge in [0.15, 0.2) is 0 Å². The van der Waals surface area contributed by atoms with Gasteiger partial charge in [0.25, 0.3) is 0 Å². The van der Waals surface area contributed by atoms with E-state index in [0.717, 1.165) is 0 Å². The van der Waals surface area contributed by atoms with E-state index >= 15 is 0 Å². The van der Waals surface area contributed by atoms with Crippen LogP contribution in [0.4, 0.5) is 0 Å². The van der Waals surface area contributed by atoms with Gasteiger partial charge in [-0.25, -0.2) is 4.57 Å². The molecule has 0 spiro atoms. The number of aliphatic hydroxyl groups is 1. The van der Waals surface area contributed by atoms with Crippen molar-refractivity contribution >= 4 is 31.6 Å². The van der Waals surface area contributed by atoms with Crippen molar-refractivity contribution in [2.45, 2.75) is 6.61 Å². The third-order valence-electron chi connectivity index (χ3n) is 1.52. The summed E-state index contributed by atoms with van der Waals surface area (Å²) in [5.41, 5.74) is 0.403. The number of para-hydroxylation sites is 1. The molecule has 0 saturated carbocycles. The van der Waals surface area contributed by atoms with Crippen molar-refractivity contribution in [3.05, 3.63) is 29.8 Å². The van der Waals surface area contributed by atoms with E-state index < -0.39 is 7.82 Å². The SMILES string of the molecule is O=P(OCl)(OCl)Oc1ccccc1CO. The summed E-state index contributed by atoms with van der Waals surface area (Å²) in [5.74, 6) is 0.115. The quantitative estimate of drug-likeness (QED) is 0.835. The summed E-state index contributed by atoms with van der Waals surface area (Å²) in [6, 6.07) is 6.32. The molecule has 1 N–H and O–H groups in total. The third kappa shape index (κ3) is 3.34. The van der Waals surface area contributed by atoms with E-state index in [0.29, 0.717) is 5.56 Å². The van der Waals surface area contributed by atoms with Gasteiger partial charge >= 0.3 is 7.82 Å². The van der Waals surface area contributed by atoms with Crippen LogP contribution in [0.3, 0.4) is 0 Å². The van der Waals surface area contributed by atoms with E-state index in [1.165, 1.54) is 6.07 Å². The molecule has 5 nitrogen and oxygen atoms in total. The largest absolute Gasteiger partial charge is 0.563 e. The average Bonchev–Trinajstić information content (AvgIpc) is 2.29. The second-order valence-electron chi connectivity index (χ2n) is 2.44. The first-order valence-corrected chi connectivity index (χ1v) is 5.82. The Hall–Kier alpha value is -0.290. The normalized spacial score (nSPS) is 11.4. The Morgan fingerprint density at radius 1 is 1.27 bits per heavy atom. The molecule has 0 aromatic heterocycles. The zero-order valence-corrected chi connectivity index (χ0v) is 9.71. The molecule has 0 saturated heterocycles. The summed E-state index contributed by atoms with van der Waals surface area (Å²) in [7, 11) is -4.02. The summed E-state index contributed by atoms with van der Waals surface area (Å²) in [6.45, 7) is -0.291. The second kappa shape index (κ2) is 5.70. The Morgan fingerprint density at radius 3 is 2.40 bits per heavy atom. The van der Waals surface area contributed by atoms with Crippen LogP contribution in [0.1, 0.15) is 5.56 Å². The number of hydrogen-bond donors (Lipinski definition) is 1. The molecule has 0 bridgehead atoms. The highest BCUT2D eigenvalue weighted by molar-refractivity contribution is 7.50. The molecule has 1 aromatic carbocycles. The standard InChI is InChI=1S/C7H7Cl2O5P/c8-13-15(11,14-9)12-7-4-2-1-3-6(7)5-10/h1-4,10H,5H2. The van der Waals surface area contributed by atoms with Crippen LogP contribution in [0.25, 0.3) is 0 Å². The van der Waals surface area contributed by atoms with Crippen molar-refractivity contribution in [1.29, 1.82) is 0 Å². The Labute approximate surface area is 96.4 Å². The van der Waals surface area contributed by atoms with Gasteiger partial charge in [-0.2, -0.15) is 8.15 Å². The maximum atomic E-state index is 11.4. The summed E-state index contributed by atoms with van der Waals surface area (Å²) < 4.78 is 24.1. The van der Waals surface area contributed by atoms with Gasteiger partial charge in [-0.1, -0.05) is 18.2 Å². The Balaban J connectivity index is 2.93. The van der Waals surface area contributed by atoms with E-state index in [1.54, 1.807) is 18.2 Å². The fourth-order valence-electron chi connectivity index (χ4n) is 0.883. The Kier molecular flexibility index (Phi) is 4.86. The zero-order valence-electron chi connectivity index (χ0n) is 7.30. The molecule has 84 valence electrons. The lowest BCUT2D eigenvalue weighted by Crippen LogP contribution is -1.96. The number of aliphatic hydroxyl groups excluding tert-OH is 1. The molecular weight excluding hydrogens is 266 g/mol. The van der Waals surface area contributed by atoms with E-state index in [2.05, 4.69) is 8.15 Å². The molecule has 1 aromatic rings. The van der Waals surface area contributed by atoms with Gasteiger partial charge in [0.05, 0.1) is 30.3 Å². The Morgan fingerprint density at radius 2 is 1.87 bits per heavy atom. The first-order chi connectivity index (χ1) is 7.15. The van der Waals surface area contributed by atoms with Crippen LogP contribution in [0, 0.1) is 0 Å². The lowest BCUT2D eigenvalue weighted by molar-refractivity contribution is 0.272. The summed E-state index contributed by atoms with van der Waals surface area (Å²) in [5, 5.41) is 8.94. The highest BCUT2D eigenvalue weighted by Crippen LogP contribution is 2.52. The summed E-state index contributed by atoms with van der Waals surface area (Å²) in [6.07, 6.45) is 0. The molecule has 0 aliphatic rings. The van der Waals surface area contributed by atoms with Crippen molar-refractivity contribution in [2.24, 2.45) is 0 Å². The van der Waals surface area contributed by atoms with Gasteiger partial charge in [0.1, 0.15) is 5.75 Å². The second-order valence-corrected chi connectivity index (χ2v) is 4.62. The van der Waals surface area contributed by atoms with Gasteiger partial charge in [-0.05, 0) is 6.07 Å². The molecule has 0 radical (unpaired) electrons. The molecule has 0 amide bonds. The van der Waals surface area contributed by atoms with Crippen LogP contribution < -0.4 is 4.52 Å². The third-order valence-corrected chi connectivity index (χ3v) is 3.29. The molecular formula is C7H7Cl2O5P. The predicted octanol–water partition coefficient (Wildman–Crippen LogP) is 3.01. The first kappa shape index (κ1) is 12.8. The van der Waals surface area contributed by atoms with Gasteiger partial charge < -0.3 is 9.63 Å². The molecule has 8 heteroatoms. The lowest BCUT2D eigenvalue weighted by atomic mass is 10.2. The van der Waals surface area contributed by atoms with Crippen LogP contribution in [-0.2, 0) is 19.3 Å². The molecule has 0 aliphatic heterocycles. The van der Waals surface area contributed by atoms with Gasteiger partial charge in [-0.3, -0.25) is 0 Å². The predicted molar refractivity (Wildman–Crippen MR) is 54.5 cm³/mol. The van der Waals surface area contributed by atoms with E-state index in [-0.39, 0.29) is 12.4 Å². The summed E-state index contributed by atoms with van der Waals surface area (Å²) in [4.78, 5) is 0. The molecule has 15 heavy (non-hydrogen) atoms. The molecule has 1 rings (SSSR count). The Bertz CT molecular complexity index is 364. The molecule has 0 atom stereocenters. The highest BCUT2D eigenvalue weighted by Gasteiger charge is 2.29. The molecule has 0 aliphatic carbocycles. The minimum Gasteiger partial charge on any atom is -0.402 e. The number of rotatable bonds is 5. The van der Waals surface area contributed by atoms with Gasteiger partial charge in [0, 0.05) is 5.56 Å². The molecule has 0 heterocycles. The highest BCUT2D eigenvalue weighted by atomic mass is 35.5. The van der Waals surface area contributed by atoms with E-state index in [1.807, 2.05) is 0 Å². The van der Waals surface area contributed by atoms with Gasteiger partial charge in [0.2, 0.25) is 0 Å². The maximum absolute atomic E-state index is 11.4. The number of phosphoric acid groups is 1. The fourth-order valence-corrected chi connectivity index (χ4v) is 1.80. The van der Waals surface area contributed by atoms with Crippen molar-refractivity contribution in [2.75, 3.05) is 0 Å². The van der Waals surface area contributed by atoms with E-state index in [4.69, 9.17) is 33.4 Å². The minimum absolute atomic E-state index is 0.115. The maximum Gasteiger partial charge on any atom is 0.563 e. The fraction of sp³-hybridized carbons (Fsp3) is 0.143. The number of benzene rings is 1.